The first-order valence-corrected chi connectivity index (χ1v) is 4.28. The molecule has 0 fully saturated rings. The van der Waals surface area contributed by atoms with Crippen LogP contribution in [0.4, 0.5) is 10.2 Å². The molecule has 0 bridgehead atoms. The van der Waals surface area contributed by atoms with E-state index in [2.05, 4.69) is 10.3 Å². The van der Waals surface area contributed by atoms with Crippen LogP contribution in [0.5, 0.6) is 0 Å². The van der Waals surface area contributed by atoms with Gasteiger partial charge in [0.05, 0.1) is 0 Å². The first kappa shape index (κ1) is 9.26. The Labute approximate surface area is 75.8 Å². The van der Waals surface area contributed by atoms with Crippen LogP contribution in [-0.4, -0.2) is 17.4 Å². The highest BCUT2D eigenvalue weighted by atomic mass is 35.5. The number of nitrogens with one attached hydrogen (secondary N) is 1. The average molecular weight is 189 g/mol. The number of pyridine rings is 1. The number of anilines is 1. The summed E-state index contributed by atoms with van der Waals surface area (Å²) in [5, 5.41) is 2.84. The van der Waals surface area contributed by atoms with Crippen LogP contribution in [0.25, 0.3) is 0 Å². The Morgan fingerprint density at radius 3 is 3.08 bits per heavy atom. The van der Waals surface area contributed by atoms with Crippen molar-refractivity contribution >= 4 is 17.4 Å². The molecule has 1 rings (SSSR count). The zero-order chi connectivity index (χ0) is 8.81. The van der Waals surface area contributed by atoms with Crippen molar-refractivity contribution in [2.75, 3.05) is 17.7 Å². The molecular formula is C8H10ClFN2. The minimum absolute atomic E-state index is 0.294. The summed E-state index contributed by atoms with van der Waals surface area (Å²) >= 11 is 5.45. The van der Waals surface area contributed by atoms with E-state index < -0.39 is 0 Å². The third-order valence-corrected chi connectivity index (χ3v) is 1.63. The molecule has 1 aromatic heterocycles. The van der Waals surface area contributed by atoms with Gasteiger partial charge in [0.15, 0.2) is 11.6 Å². The van der Waals surface area contributed by atoms with Crippen molar-refractivity contribution in [3.05, 3.63) is 24.1 Å². The number of nitrogens with zero attached hydrogens (tertiary/aromatic N) is 1. The highest BCUT2D eigenvalue weighted by molar-refractivity contribution is 6.17. The zero-order valence-corrected chi connectivity index (χ0v) is 7.31. The fraction of sp³-hybridized carbons (Fsp3) is 0.375. The van der Waals surface area contributed by atoms with E-state index in [1.54, 1.807) is 12.3 Å². The molecule has 0 unspecified atom stereocenters. The Morgan fingerprint density at radius 2 is 2.42 bits per heavy atom. The van der Waals surface area contributed by atoms with Crippen LogP contribution in [0.3, 0.4) is 0 Å². The van der Waals surface area contributed by atoms with Gasteiger partial charge in [-0.1, -0.05) is 0 Å². The van der Waals surface area contributed by atoms with Crippen LogP contribution in [-0.2, 0) is 0 Å². The van der Waals surface area contributed by atoms with E-state index in [9.17, 15) is 4.39 Å². The van der Waals surface area contributed by atoms with Crippen LogP contribution in [0.1, 0.15) is 6.42 Å². The van der Waals surface area contributed by atoms with Gasteiger partial charge in [-0.25, -0.2) is 9.37 Å². The monoisotopic (exact) mass is 188 g/mol. The second kappa shape index (κ2) is 4.93. The molecule has 12 heavy (non-hydrogen) atoms. The van der Waals surface area contributed by atoms with Crippen molar-refractivity contribution < 1.29 is 4.39 Å². The molecule has 2 nitrogen and oxygen atoms in total. The molecule has 0 radical (unpaired) electrons. The maximum Gasteiger partial charge on any atom is 0.165 e. The van der Waals surface area contributed by atoms with E-state index in [4.69, 9.17) is 11.6 Å². The van der Waals surface area contributed by atoms with E-state index in [1.165, 1.54) is 6.07 Å². The summed E-state index contributed by atoms with van der Waals surface area (Å²) in [5.74, 6) is 0.538. The quantitative estimate of drug-likeness (QED) is 0.579. The fourth-order valence-corrected chi connectivity index (χ4v) is 0.923. The summed E-state index contributed by atoms with van der Waals surface area (Å²) in [7, 11) is 0. The smallest absolute Gasteiger partial charge is 0.165 e. The fourth-order valence-electron chi connectivity index (χ4n) is 0.789. The number of aromatic nitrogens is 1. The molecule has 66 valence electrons. The molecule has 0 amide bonds. The Morgan fingerprint density at radius 1 is 1.58 bits per heavy atom. The molecular weight excluding hydrogens is 179 g/mol. The van der Waals surface area contributed by atoms with Crippen molar-refractivity contribution in [3.8, 4) is 0 Å². The summed E-state index contributed by atoms with van der Waals surface area (Å²) in [5.41, 5.74) is 0. The zero-order valence-electron chi connectivity index (χ0n) is 6.56. The number of hydrogen-bond acceptors (Lipinski definition) is 2. The van der Waals surface area contributed by atoms with Gasteiger partial charge in [-0.2, -0.15) is 0 Å². The lowest BCUT2D eigenvalue weighted by atomic mass is 10.4. The van der Waals surface area contributed by atoms with E-state index in [1.807, 2.05) is 0 Å². The molecule has 4 heteroatoms. The average Bonchev–Trinajstić information content (AvgIpc) is 2.09. The van der Waals surface area contributed by atoms with E-state index in [0.717, 1.165) is 6.42 Å². The molecule has 1 N–H and O–H groups in total. The molecule has 0 spiro atoms. The maximum atomic E-state index is 12.9. The van der Waals surface area contributed by atoms with Crippen LogP contribution >= 0.6 is 11.6 Å². The van der Waals surface area contributed by atoms with Gasteiger partial charge in [-0.05, 0) is 18.6 Å². The van der Waals surface area contributed by atoms with Crippen LogP contribution < -0.4 is 5.32 Å². The predicted molar refractivity (Wildman–Crippen MR) is 48.0 cm³/mol. The largest absolute Gasteiger partial charge is 0.368 e. The van der Waals surface area contributed by atoms with Crippen molar-refractivity contribution in [1.29, 1.82) is 0 Å². The van der Waals surface area contributed by atoms with Gasteiger partial charge in [-0.3, -0.25) is 0 Å². The number of alkyl halides is 1. The van der Waals surface area contributed by atoms with E-state index >= 15 is 0 Å². The van der Waals surface area contributed by atoms with Gasteiger partial charge in [0.25, 0.3) is 0 Å². The van der Waals surface area contributed by atoms with Gasteiger partial charge >= 0.3 is 0 Å². The highest BCUT2D eigenvalue weighted by Gasteiger charge is 1.98. The summed E-state index contributed by atoms with van der Waals surface area (Å²) in [6.07, 6.45) is 2.35. The second-order valence-electron chi connectivity index (χ2n) is 2.30. The Balaban J connectivity index is 2.46. The van der Waals surface area contributed by atoms with Gasteiger partial charge in [0.1, 0.15) is 0 Å². The van der Waals surface area contributed by atoms with Gasteiger partial charge in [-0.15, -0.1) is 11.6 Å². The summed E-state index contributed by atoms with van der Waals surface area (Å²) in [6.45, 7) is 0.650. The highest BCUT2D eigenvalue weighted by Crippen LogP contribution is 2.07. The minimum Gasteiger partial charge on any atom is -0.368 e. The molecule has 0 aromatic carbocycles. The van der Waals surface area contributed by atoms with Gasteiger partial charge < -0.3 is 5.32 Å². The lowest BCUT2D eigenvalue weighted by Gasteiger charge is -2.03. The van der Waals surface area contributed by atoms with Crippen LogP contribution in [0.15, 0.2) is 18.3 Å². The molecule has 0 aliphatic carbocycles. The topological polar surface area (TPSA) is 24.9 Å². The Bertz CT molecular complexity index is 242. The molecule has 0 aliphatic rings. The SMILES string of the molecule is Fc1cccnc1NCCCCl. The van der Waals surface area contributed by atoms with Crippen LogP contribution in [0.2, 0.25) is 0 Å². The predicted octanol–water partition coefficient (Wildman–Crippen LogP) is 2.26. The lowest BCUT2D eigenvalue weighted by molar-refractivity contribution is 0.624. The normalized spacial score (nSPS) is 9.83. The molecule has 0 saturated carbocycles. The van der Waals surface area contributed by atoms with Gasteiger partial charge in [0.2, 0.25) is 0 Å². The first-order chi connectivity index (χ1) is 5.84. The third kappa shape index (κ3) is 2.66. The van der Waals surface area contributed by atoms with Crippen LogP contribution in [0, 0.1) is 5.82 Å². The van der Waals surface area contributed by atoms with Crippen molar-refractivity contribution in [3.63, 3.8) is 0 Å². The molecule has 1 heterocycles. The Hall–Kier alpha value is -0.830. The van der Waals surface area contributed by atoms with E-state index in [-0.39, 0.29) is 5.82 Å². The summed E-state index contributed by atoms with van der Waals surface area (Å²) in [6, 6.07) is 2.93. The molecule has 1 aromatic rings. The van der Waals surface area contributed by atoms with Gasteiger partial charge in [0, 0.05) is 18.6 Å². The van der Waals surface area contributed by atoms with Crippen molar-refractivity contribution in [2.24, 2.45) is 0 Å². The minimum atomic E-state index is -0.327. The molecule has 0 atom stereocenters. The van der Waals surface area contributed by atoms with Crippen molar-refractivity contribution in [1.82, 2.24) is 4.98 Å². The van der Waals surface area contributed by atoms with Crippen molar-refractivity contribution in [2.45, 2.75) is 6.42 Å². The summed E-state index contributed by atoms with van der Waals surface area (Å²) in [4.78, 5) is 3.82. The number of hydrogen-bond donors (Lipinski definition) is 1. The second-order valence-corrected chi connectivity index (χ2v) is 2.68. The maximum absolute atomic E-state index is 12.9. The third-order valence-electron chi connectivity index (χ3n) is 1.36. The Kier molecular flexibility index (Phi) is 3.80. The number of rotatable bonds is 4. The lowest BCUT2D eigenvalue weighted by Crippen LogP contribution is -2.05. The molecule has 0 saturated heterocycles. The van der Waals surface area contributed by atoms with E-state index in [0.29, 0.717) is 18.2 Å². The number of halogens is 2. The molecule has 0 aliphatic heterocycles. The standard InChI is InChI=1S/C8H10ClFN2/c9-4-2-6-12-8-7(10)3-1-5-11-8/h1,3,5H,2,4,6H2,(H,11,12). The first-order valence-electron chi connectivity index (χ1n) is 3.75. The summed E-state index contributed by atoms with van der Waals surface area (Å²) < 4.78 is 12.9.